The summed E-state index contributed by atoms with van der Waals surface area (Å²) in [7, 11) is 0. The van der Waals surface area contributed by atoms with Gasteiger partial charge in [0, 0.05) is 12.6 Å². The zero-order valence-electron chi connectivity index (χ0n) is 8.88. The Hall–Kier alpha value is -1.30. The number of aromatic nitrogens is 1. The van der Waals surface area contributed by atoms with Crippen LogP contribution in [0.3, 0.4) is 0 Å². The number of nitrogens with two attached hydrogens (primary N) is 1. The van der Waals surface area contributed by atoms with Crippen molar-refractivity contribution in [2.75, 3.05) is 11.9 Å². The Bertz CT molecular complexity index is 338. The Morgan fingerprint density at radius 1 is 1.44 bits per heavy atom. The second-order valence-electron chi connectivity index (χ2n) is 3.46. The van der Waals surface area contributed by atoms with E-state index in [1.54, 1.807) is 0 Å². The summed E-state index contributed by atoms with van der Waals surface area (Å²) < 4.78 is 37.0. The molecule has 0 saturated carbocycles. The van der Waals surface area contributed by atoms with E-state index in [-0.39, 0.29) is 11.9 Å². The van der Waals surface area contributed by atoms with Crippen molar-refractivity contribution in [3.63, 3.8) is 0 Å². The molecule has 6 heteroatoms. The SMILES string of the molecule is CCC(N)CNc1cccc(C(F)(F)F)n1. The van der Waals surface area contributed by atoms with Crippen LogP contribution in [0.2, 0.25) is 0 Å². The lowest BCUT2D eigenvalue weighted by Gasteiger charge is -2.12. The van der Waals surface area contributed by atoms with Gasteiger partial charge in [-0.3, -0.25) is 0 Å². The number of hydrogen-bond acceptors (Lipinski definition) is 3. The molecule has 0 aromatic carbocycles. The summed E-state index contributed by atoms with van der Waals surface area (Å²) in [6, 6.07) is 3.65. The van der Waals surface area contributed by atoms with Gasteiger partial charge in [-0.05, 0) is 18.6 Å². The predicted octanol–water partition coefficient (Wildman–Crippen LogP) is 2.25. The average Bonchev–Trinajstić information content (AvgIpc) is 2.25. The third-order valence-electron chi connectivity index (χ3n) is 2.11. The minimum atomic E-state index is -4.41. The molecule has 0 fully saturated rings. The highest BCUT2D eigenvalue weighted by atomic mass is 19.4. The first kappa shape index (κ1) is 12.8. The van der Waals surface area contributed by atoms with Gasteiger partial charge in [0.15, 0.2) is 0 Å². The van der Waals surface area contributed by atoms with Gasteiger partial charge in [0.2, 0.25) is 0 Å². The van der Waals surface area contributed by atoms with Crippen molar-refractivity contribution in [2.45, 2.75) is 25.6 Å². The highest BCUT2D eigenvalue weighted by molar-refractivity contribution is 5.36. The van der Waals surface area contributed by atoms with Gasteiger partial charge in [-0.2, -0.15) is 13.2 Å². The molecule has 3 N–H and O–H groups in total. The zero-order chi connectivity index (χ0) is 12.2. The van der Waals surface area contributed by atoms with Gasteiger partial charge in [0.05, 0.1) is 0 Å². The Morgan fingerprint density at radius 3 is 2.69 bits per heavy atom. The first-order valence-electron chi connectivity index (χ1n) is 4.97. The Morgan fingerprint density at radius 2 is 2.12 bits per heavy atom. The maximum absolute atomic E-state index is 12.3. The molecular weight excluding hydrogens is 219 g/mol. The lowest BCUT2D eigenvalue weighted by atomic mass is 10.2. The maximum Gasteiger partial charge on any atom is 0.433 e. The van der Waals surface area contributed by atoms with Crippen LogP contribution in [0, 0.1) is 0 Å². The number of hydrogen-bond donors (Lipinski definition) is 2. The van der Waals surface area contributed by atoms with Crippen molar-refractivity contribution in [3.05, 3.63) is 23.9 Å². The summed E-state index contributed by atoms with van der Waals surface area (Å²) in [5.74, 6) is 0.193. The normalized spacial score (nSPS) is 13.6. The van der Waals surface area contributed by atoms with Crippen LogP contribution in [-0.4, -0.2) is 17.6 Å². The molecule has 1 rings (SSSR count). The summed E-state index contributed by atoms with van der Waals surface area (Å²) in [4.78, 5) is 3.46. The molecule has 3 nitrogen and oxygen atoms in total. The van der Waals surface area contributed by atoms with Crippen LogP contribution < -0.4 is 11.1 Å². The highest BCUT2D eigenvalue weighted by Crippen LogP contribution is 2.28. The summed E-state index contributed by atoms with van der Waals surface area (Å²) in [5.41, 5.74) is 4.73. The van der Waals surface area contributed by atoms with E-state index in [9.17, 15) is 13.2 Å². The fourth-order valence-corrected chi connectivity index (χ4v) is 1.07. The van der Waals surface area contributed by atoms with Crippen molar-refractivity contribution in [3.8, 4) is 0 Å². The van der Waals surface area contributed by atoms with Crippen LogP contribution in [0.4, 0.5) is 19.0 Å². The lowest BCUT2D eigenvalue weighted by molar-refractivity contribution is -0.141. The molecule has 1 aromatic rings. The number of nitrogens with one attached hydrogen (secondary N) is 1. The van der Waals surface area contributed by atoms with E-state index in [1.165, 1.54) is 12.1 Å². The number of anilines is 1. The first-order chi connectivity index (χ1) is 7.43. The van der Waals surface area contributed by atoms with Gasteiger partial charge < -0.3 is 11.1 Å². The number of halogens is 3. The molecule has 0 amide bonds. The Kier molecular flexibility index (Phi) is 4.12. The maximum atomic E-state index is 12.3. The van der Waals surface area contributed by atoms with Gasteiger partial charge in [-0.1, -0.05) is 13.0 Å². The van der Waals surface area contributed by atoms with Crippen LogP contribution in [0.5, 0.6) is 0 Å². The third kappa shape index (κ3) is 3.69. The molecule has 0 bridgehead atoms. The number of alkyl halides is 3. The molecule has 16 heavy (non-hydrogen) atoms. The number of rotatable bonds is 4. The lowest BCUT2D eigenvalue weighted by Crippen LogP contribution is -2.28. The molecule has 0 radical (unpaired) electrons. The van der Waals surface area contributed by atoms with Crippen molar-refractivity contribution in [2.24, 2.45) is 5.73 Å². The Labute approximate surface area is 91.9 Å². The zero-order valence-corrected chi connectivity index (χ0v) is 8.88. The van der Waals surface area contributed by atoms with Gasteiger partial charge in [-0.15, -0.1) is 0 Å². The minimum Gasteiger partial charge on any atom is -0.369 e. The first-order valence-corrected chi connectivity index (χ1v) is 4.97. The van der Waals surface area contributed by atoms with Crippen LogP contribution in [0.1, 0.15) is 19.0 Å². The number of nitrogens with zero attached hydrogens (tertiary/aromatic N) is 1. The second kappa shape index (κ2) is 5.16. The smallest absolute Gasteiger partial charge is 0.369 e. The summed E-state index contributed by atoms with van der Waals surface area (Å²) in [6.45, 7) is 2.32. The molecule has 0 aliphatic rings. The molecule has 0 saturated heterocycles. The van der Waals surface area contributed by atoms with E-state index in [2.05, 4.69) is 10.3 Å². The molecular formula is C10H14F3N3. The molecule has 1 atom stereocenters. The predicted molar refractivity (Wildman–Crippen MR) is 56.0 cm³/mol. The quantitative estimate of drug-likeness (QED) is 0.838. The minimum absolute atomic E-state index is 0.0867. The molecule has 90 valence electrons. The van der Waals surface area contributed by atoms with Crippen molar-refractivity contribution >= 4 is 5.82 Å². The molecule has 0 spiro atoms. The largest absolute Gasteiger partial charge is 0.433 e. The van der Waals surface area contributed by atoms with Crippen molar-refractivity contribution in [1.82, 2.24) is 4.98 Å². The average molecular weight is 233 g/mol. The van der Waals surface area contributed by atoms with Crippen LogP contribution in [-0.2, 0) is 6.18 Å². The van der Waals surface area contributed by atoms with Crippen molar-refractivity contribution < 1.29 is 13.2 Å². The Balaban J connectivity index is 2.68. The summed E-state index contributed by atoms with van der Waals surface area (Å²) in [5, 5.41) is 2.77. The highest BCUT2D eigenvalue weighted by Gasteiger charge is 2.32. The van der Waals surface area contributed by atoms with Gasteiger partial charge in [-0.25, -0.2) is 4.98 Å². The van der Waals surface area contributed by atoms with E-state index in [0.717, 1.165) is 12.5 Å². The number of pyridine rings is 1. The molecule has 1 heterocycles. The van der Waals surface area contributed by atoms with E-state index >= 15 is 0 Å². The fourth-order valence-electron chi connectivity index (χ4n) is 1.07. The van der Waals surface area contributed by atoms with Gasteiger partial charge >= 0.3 is 6.18 Å². The molecule has 0 aliphatic carbocycles. The third-order valence-corrected chi connectivity index (χ3v) is 2.11. The van der Waals surface area contributed by atoms with Gasteiger partial charge in [0.1, 0.15) is 11.5 Å². The molecule has 0 aliphatic heterocycles. The molecule has 1 unspecified atom stereocenters. The van der Waals surface area contributed by atoms with E-state index < -0.39 is 11.9 Å². The van der Waals surface area contributed by atoms with Crippen LogP contribution in [0.25, 0.3) is 0 Å². The van der Waals surface area contributed by atoms with Crippen LogP contribution in [0.15, 0.2) is 18.2 Å². The fraction of sp³-hybridized carbons (Fsp3) is 0.500. The standard InChI is InChI=1S/C10H14F3N3/c1-2-7(14)6-15-9-5-3-4-8(16-9)10(11,12)13/h3-5,7H,2,6,14H2,1H3,(H,15,16). The van der Waals surface area contributed by atoms with E-state index in [4.69, 9.17) is 5.73 Å². The van der Waals surface area contributed by atoms with E-state index in [0.29, 0.717) is 6.54 Å². The topological polar surface area (TPSA) is 50.9 Å². The van der Waals surface area contributed by atoms with Gasteiger partial charge in [0.25, 0.3) is 0 Å². The molecule has 1 aromatic heterocycles. The second-order valence-corrected chi connectivity index (χ2v) is 3.46. The van der Waals surface area contributed by atoms with E-state index in [1.807, 2.05) is 6.92 Å². The summed E-state index contributed by atoms with van der Waals surface area (Å²) in [6.07, 6.45) is -3.66. The van der Waals surface area contributed by atoms with Crippen molar-refractivity contribution in [1.29, 1.82) is 0 Å². The van der Waals surface area contributed by atoms with Crippen LogP contribution >= 0.6 is 0 Å². The summed E-state index contributed by atoms with van der Waals surface area (Å²) >= 11 is 0. The monoisotopic (exact) mass is 233 g/mol.